The molecule has 0 bridgehead atoms. The number of halogens is 3. The van der Waals surface area contributed by atoms with Gasteiger partial charge >= 0.3 is 12.1 Å². The third kappa shape index (κ3) is 5.64. The minimum absolute atomic E-state index is 0.0212. The molecule has 0 aliphatic carbocycles. The summed E-state index contributed by atoms with van der Waals surface area (Å²) in [4.78, 5) is 23.2. The number of alkyl halides is 3. The van der Waals surface area contributed by atoms with Gasteiger partial charge in [-0.15, -0.1) is 0 Å². The van der Waals surface area contributed by atoms with E-state index in [9.17, 15) is 31.2 Å². The minimum Gasteiger partial charge on any atom is -0.496 e. The van der Waals surface area contributed by atoms with Crippen LogP contribution in [0.25, 0.3) is 0 Å². The van der Waals surface area contributed by atoms with E-state index in [0.717, 1.165) is 18.2 Å². The molecule has 3 aromatic carbocycles. The molecule has 8 nitrogen and oxygen atoms in total. The van der Waals surface area contributed by atoms with Crippen LogP contribution in [0.4, 0.5) is 24.5 Å². The van der Waals surface area contributed by atoms with Gasteiger partial charge in [0.2, 0.25) is 0 Å². The topological polar surface area (TPSA) is 122 Å². The fourth-order valence-electron chi connectivity index (χ4n) is 2.93. The SMILES string of the molecule is COc1cc(NC(=O)c2cccc(NS(=O)(=O)c3cccc(C(F)(F)F)c3)c2)ccc1C(=O)O. The lowest BCUT2D eigenvalue weighted by molar-refractivity contribution is -0.137. The molecule has 0 heterocycles. The second kappa shape index (κ2) is 9.43. The first kappa shape index (κ1) is 24.6. The largest absolute Gasteiger partial charge is 0.496 e. The molecule has 1 amide bonds. The Hall–Kier alpha value is -4.06. The van der Waals surface area contributed by atoms with Crippen LogP contribution in [-0.2, 0) is 16.2 Å². The molecule has 3 aromatic rings. The van der Waals surface area contributed by atoms with Crippen LogP contribution in [0.2, 0.25) is 0 Å². The number of aromatic carboxylic acids is 1. The average Bonchev–Trinajstić information content (AvgIpc) is 2.78. The summed E-state index contributed by atoms with van der Waals surface area (Å²) < 4.78 is 71.0. The molecule has 0 aliphatic rings. The molecular formula is C22H17F3N2O6S. The zero-order chi connectivity index (χ0) is 25.1. The van der Waals surface area contributed by atoms with Gasteiger partial charge in [0.05, 0.1) is 17.6 Å². The Balaban J connectivity index is 1.81. The van der Waals surface area contributed by atoms with Gasteiger partial charge in [0, 0.05) is 23.0 Å². The van der Waals surface area contributed by atoms with Gasteiger partial charge in [-0.3, -0.25) is 9.52 Å². The predicted octanol–water partition coefficient (Wildman–Crippen LogP) is 4.47. The van der Waals surface area contributed by atoms with Crippen molar-refractivity contribution in [3.05, 3.63) is 83.4 Å². The lowest BCUT2D eigenvalue weighted by atomic mass is 10.1. The number of rotatable bonds is 7. The van der Waals surface area contributed by atoms with E-state index in [1.807, 2.05) is 0 Å². The van der Waals surface area contributed by atoms with Crippen molar-refractivity contribution in [3.63, 3.8) is 0 Å². The fraction of sp³-hybridized carbons (Fsp3) is 0.0909. The van der Waals surface area contributed by atoms with Crippen molar-refractivity contribution in [1.82, 2.24) is 0 Å². The average molecular weight is 494 g/mol. The second-order valence-corrected chi connectivity index (χ2v) is 8.57. The van der Waals surface area contributed by atoms with E-state index in [1.54, 1.807) is 0 Å². The van der Waals surface area contributed by atoms with Crippen molar-refractivity contribution in [2.45, 2.75) is 11.1 Å². The number of anilines is 2. The quantitative estimate of drug-likeness (QED) is 0.446. The van der Waals surface area contributed by atoms with Gasteiger partial charge in [0.25, 0.3) is 15.9 Å². The number of benzene rings is 3. The summed E-state index contributed by atoms with van der Waals surface area (Å²) in [6.45, 7) is 0. The van der Waals surface area contributed by atoms with Crippen LogP contribution in [0.3, 0.4) is 0 Å². The molecule has 0 radical (unpaired) electrons. The lowest BCUT2D eigenvalue weighted by Crippen LogP contribution is -2.16. The molecule has 178 valence electrons. The van der Waals surface area contributed by atoms with Gasteiger partial charge in [-0.2, -0.15) is 13.2 Å². The summed E-state index contributed by atoms with van der Waals surface area (Å²) in [5, 5.41) is 11.7. The molecule has 3 rings (SSSR count). The van der Waals surface area contributed by atoms with Gasteiger partial charge in [0.15, 0.2) is 0 Å². The number of methoxy groups -OCH3 is 1. The van der Waals surface area contributed by atoms with E-state index in [0.29, 0.717) is 6.07 Å². The van der Waals surface area contributed by atoms with Crippen LogP contribution in [0.1, 0.15) is 26.3 Å². The highest BCUT2D eigenvalue weighted by molar-refractivity contribution is 7.92. The van der Waals surface area contributed by atoms with E-state index in [1.165, 1.54) is 49.6 Å². The number of carbonyl (C=O) groups is 2. The molecule has 0 spiro atoms. The Labute approximate surface area is 192 Å². The number of ether oxygens (including phenoxy) is 1. The molecule has 0 saturated heterocycles. The Kier molecular flexibility index (Phi) is 6.82. The Bertz CT molecular complexity index is 1360. The van der Waals surface area contributed by atoms with E-state index in [2.05, 4.69) is 10.0 Å². The first-order valence-electron chi connectivity index (χ1n) is 9.43. The van der Waals surface area contributed by atoms with Crippen molar-refractivity contribution in [2.75, 3.05) is 17.1 Å². The van der Waals surface area contributed by atoms with Crippen molar-refractivity contribution >= 4 is 33.3 Å². The monoisotopic (exact) mass is 494 g/mol. The van der Waals surface area contributed by atoms with Gasteiger partial charge < -0.3 is 15.2 Å². The van der Waals surface area contributed by atoms with E-state index in [-0.39, 0.29) is 28.3 Å². The number of nitrogens with one attached hydrogen (secondary N) is 2. The fourth-order valence-corrected chi connectivity index (χ4v) is 4.02. The highest BCUT2D eigenvalue weighted by Gasteiger charge is 2.31. The van der Waals surface area contributed by atoms with Crippen LogP contribution < -0.4 is 14.8 Å². The number of amides is 1. The van der Waals surface area contributed by atoms with Gasteiger partial charge in [0.1, 0.15) is 11.3 Å². The number of sulfonamides is 1. The van der Waals surface area contributed by atoms with Crippen molar-refractivity contribution in [1.29, 1.82) is 0 Å². The van der Waals surface area contributed by atoms with Gasteiger partial charge in [-0.05, 0) is 48.5 Å². The van der Waals surface area contributed by atoms with Crippen LogP contribution in [0.5, 0.6) is 5.75 Å². The molecule has 0 fully saturated rings. The Morgan fingerprint density at radius 3 is 2.29 bits per heavy atom. The second-order valence-electron chi connectivity index (χ2n) is 6.89. The van der Waals surface area contributed by atoms with E-state index in [4.69, 9.17) is 9.84 Å². The highest BCUT2D eigenvalue weighted by atomic mass is 32.2. The molecule has 0 unspecified atom stereocenters. The minimum atomic E-state index is -4.71. The summed E-state index contributed by atoms with van der Waals surface area (Å²) in [6.07, 6.45) is -4.71. The third-order valence-electron chi connectivity index (χ3n) is 4.54. The molecule has 34 heavy (non-hydrogen) atoms. The van der Waals surface area contributed by atoms with Crippen molar-refractivity contribution in [2.24, 2.45) is 0 Å². The summed E-state index contributed by atoms with van der Waals surface area (Å²) in [7, 11) is -3.10. The first-order chi connectivity index (χ1) is 15.9. The van der Waals surface area contributed by atoms with Crippen LogP contribution in [0, 0.1) is 0 Å². The highest BCUT2D eigenvalue weighted by Crippen LogP contribution is 2.31. The smallest absolute Gasteiger partial charge is 0.416 e. The van der Waals surface area contributed by atoms with E-state index < -0.39 is 38.5 Å². The maximum Gasteiger partial charge on any atom is 0.416 e. The number of carboxylic acid groups (broad SMARTS) is 1. The molecule has 0 saturated carbocycles. The summed E-state index contributed by atoms with van der Waals surface area (Å²) in [6, 6.07) is 12.5. The van der Waals surface area contributed by atoms with Crippen LogP contribution in [-0.4, -0.2) is 32.5 Å². The first-order valence-corrected chi connectivity index (χ1v) is 10.9. The van der Waals surface area contributed by atoms with Crippen LogP contribution >= 0.6 is 0 Å². The number of hydrogen-bond acceptors (Lipinski definition) is 5. The normalized spacial score (nSPS) is 11.5. The summed E-state index contributed by atoms with van der Waals surface area (Å²) >= 11 is 0. The van der Waals surface area contributed by atoms with Crippen LogP contribution in [0.15, 0.2) is 71.6 Å². The van der Waals surface area contributed by atoms with E-state index >= 15 is 0 Å². The maximum absolute atomic E-state index is 12.9. The predicted molar refractivity (Wildman–Crippen MR) is 117 cm³/mol. The standard InChI is InChI=1S/C22H17F3N2O6S/c1-33-19-12-15(8-9-18(19)21(29)30)26-20(28)13-4-2-6-16(10-13)27-34(31,32)17-7-3-5-14(11-17)22(23,24)25/h2-12,27H,1H3,(H,26,28)(H,29,30). The number of carboxylic acids is 1. The molecule has 3 N–H and O–H groups in total. The molecule has 0 aromatic heterocycles. The Morgan fingerprint density at radius 1 is 0.941 bits per heavy atom. The third-order valence-corrected chi connectivity index (χ3v) is 5.92. The molecular weight excluding hydrogens is 477 g/mol. The van der Waals surface area contributed by atoms with Crippen molar-refractivity contribution in [3.8, 4) is 5.75 Å². The van der Waals surface area contributed by atoms with Crippen molar-refractivity contribution < 1.29 is 41.0 Å². The zero-order valence-corrected chi connectivity index (χ0v) is 18.2. The van der Waals surface area contributed by atoms with Gasteiger partial charge in [-0.25, -0.2) is 13.2 Å². The molecule has 0 atom stereocenters. The maximum atomic E-state index is 12.9. The molecule has 0 aliphatic heterocycles. The summed E-state index contributed by atoms with van der Waals surface area (Å²) in [5.74, 6) is -1.84. The number of carbonyl (C=O) groups excluding carboxylic acids is 1. The summed E-state index contributed by atoms with van der Waals surface area (Å²) in [5.41, 5.74) is -1.02. The molecule has 12 heteroatoms. The zero-order valence-electron chi connectivity index (χ0n) is 17.4. The number of hydrogen-bond donors (Lipinski definition) is 3. The lowest BCUT2D eigenvalue weighted by Gasteiger charge is -2.12. The van der Waals surface area contributed by atoms with Gasteiger partial charge in [-0.1, -0.05) is 12.1 Å². The Morgan fingerprint density at radius 2 is 1.65 bits per heavy atom.